The van der Waals surface area contributed by atoms with Gasteiger partial charge in [0.25, 0.3) is 0 Å². The fourth-order valence-corrected chi connectivity index (χ4v) is 1.63. The van der Waals surface area contributed by atoms with E-state index in [0.717, 1.165) is 19.4 Å². The highest BCUT2D eigenvalue weighted by molar-refractivity contribution is 6.08. The number of aliphatic hydroxyl groups is 1. The molecule has 0 aliphatic carbocycles. The standard InChI is InChI=1S/C6H14O2Si/c7-5(1-2-9)3-6-4-8-6/h5-7H,1-4H2,9H3. The van der Waals surface area contributed by atoms with E-state index >= 15 is 0 Å². The number of hydrogen-bond acceptors (Lipinski definition) is 2. The van der Waals surface area contributed by atoms with E-state index < -0.39 is 0 Å². The molecule has 2 atom stereocenters. The van der Waals surface area contributed by atoms with Gasteiger partial charge in [0.1, 0.15) is 0 Å². The lowest BCUT2D eigenvalue weighted by Gasteiger charge is -2.04. The lowest BCUT2D eigenvalue weighted by atomic mass is 10.2. The van der Waals surface area contributed by atoms with E-state index in [1.54, 1.807) is 0 Å². The zero-order valence-electron chi connectivity index (χ0n) is 5.84. The molecule has 0 bridgehead atoms. The molecular weight excluding hydrogens is 132 g/mol. The molecule has 1 saturated heterocycles. The zero-order valence-corrected chi connectivity index (χ0v) is 7.84. The molecule has 2 nitrogen and oxygen atoms in total. The first-order chi connectivity index (χ1) is 4.33. The van der Waals surface area contributed by atoms with Gasteiger partial charge >= 0.3 is 0 Å². The molecule has 0 saturated carbocycles. The largest absolute Gasteiger partial charge is 0.393 e. The second kappa shape index (κ2) is 3.34. The zero-order chi connectivity index (χ0) is 6.69. The second-order valence-electron chi connectivity index (χ2n) is 2.63. The van der Waals surface area contributed by atoms with Gasteiger partial charge < -0.3 is 9.84 Å². The normalized spacial score (nSPS) is 28.3. The van der Waals surface area contributed by atoms with Gasteiger partial charge in [-0.15, -0.1) is 0 Å². The van der Waals surface area contributed by atoms with Crippen molar-refractivity contribution in [2.24, 2.45) is 0 Å². The van der Waals surface area contributed by atoms with Crippen LogP contribution in [0, 0.1) is 0 Å². The molecule has 0 aromatic carbocycles. The Morgan fingerprint density at radius 3 is 2.89 bits per heavy atom. The van der Waals surface area contributed by atoms with Crippen LogP contribution in [-0.4, -0.2) is 34.2 Å². The summed E-state index contributed by atoms with van der Waals surface area (Å²) in [6.07, 6.45) is 2.15. The highest BCUT2D eigenvalue weighted by Gasteiger charge is 2.24. The molecule has 0 aromatic rings. The number of ether oxygens (including phenoxy) is 1. The number of rotatable bonds is 4. The van der Waals surface area contributed by atoms with Crippen molar-refractivity contribution in [1.29, 1.82) is 0 Å². The molecule has 0 amide bonds. The summed E-state index contributed by atoms with van der Waals surface area (Å²) in [7, 11) is 1.21. The van der Waals surface area contributed by atoms with Gasteiger partial charge in [0, 0.05) is 16.7 Å². The summed E-state index contributed by atoms with van der Waals surface area (Å²) in [5, 5.41) is 9.20. The predicted molar refractivity (Wildman–Crippen MR) is 39.7 cm³/mol. The fraction of sp³-hybridized carbons (Fsp3) is 1.00. The summed E-state index contributed by atoms with van der Waals surface area (Å²) in [5.74, 6) is 0. The van der Waals surface area contributed by atoms with E-state index in [1.165, 1.54) is 16.3 Å². The van der Waals surface area contributed by atoms with Gasteiger partial charge in [0.05, 0.1) is 18.8 Å². The van der Waals surface area contributed by atoms with Gasteiger partial charge in [0.15, 0.2) is 0 Å². The van der Waals surface area contributed by atoms with E-state index in [0.29, 0.717) is 6.10 Å². The third-order valence-corrected chi connectivity index (χ3v) is 2.14. The maximum Gasteiger partial charge on any atom is 0.0834 e. The third kappa shape index (κ3) is 2.98. The van der Waals surface area contributed by atoms with Crippen LogP contribution in [0.1, 0.15) is 12.8 Å². The van der Waals surface area contributed by atoms with Gasteiger partial charge in [-0.3, -0.25) is 0 Å². The summed E-state index contributed by atoms with van der Waals surface area (Å²) in [4.78, 5) is 0. The van der Waals surface area contributed by atoms with Crippen molar-refractivity contribution < 1.29 is 9.84 Å². The molecule has 0 radical (unpaired) electrons. The maximum atomic E-state index is 9.20. The molecule has 0 aromatic heterocycles. The van der Waals surface area contributed by atoms with E-state index in [2.05, 4.69) is 0 Å². The molecule has 1 rings (SSSR count). The van der Waals surface area contributed by atoms with Crippen LogP contribution >= 0.6 is 0 Å². The molecule has 9 heavy (non-hydrogen) atoms. The molecule has 0 spiro atoms. The van der Waals surface area contributed by atoms with Crippen LogP contribution < -0.4 is 0 Å². The molecule has 2 unspecified atom stereocenters. The molecule has 1 fully saturated rings. The van der Waals surface area contributed by atoms with Crippen molar-refractivity contribution in [3.63, 3.8) is 0 Å². The molecule has 1 aliphatic rings. The Labute approximate surface area is 58.6 Å². The highest BCUT2D eigenvalue weighted by atomic mass is 28.1. The number of epoxide rings is 1. The van der Waals surface area contributed by atoms with Crippen LogP contribution in [0.4, 0.5) is 0 Å². The predicted octanol–water partition coefficient (Wildman–Crippen LogP) is -0.690. The Kier molecular flexibility index (Phi) is 2.69. The van der Waals surface area contributed by atoms with Gasteiger partial charge in [-0.05, 0) is 6.42 Å². The third-order valence-electron chi connectivity index (χ3n) is 1.56. The van der Waals surface area contributed by atoms with Crippen LogP contribution in [0.5, 0.6) is 0 Å². The lowest BCUT2D eigenvalue weighted by Crippen LogP contribution is -2.08. The Balaban J connectivity index is 1.95. The Bertz CT molecular complexity index is 83.1. The van der Waals surface area contributed by atoms with E-state index in [-0.39, 0.29) is 6.10 Å². The van der Waals surface area contributed by atoms with Crippen LogP contribution in [-0.2, 0) is 4.74 Å². The maximum absolute atomic E-state index is 9.20. The van der Waals surface area contributed by atoms with Gasteiger partial charge in [0.2, 0.25) is 0 Å². The quantitative estimate of drug-likeness (QED) is 0.421. The van der Waals surface area contributed by atoms with E-state index in [4.69, 9.17) is 4.74 Å². The minimum atomic E-state index is -0.0880. The minimum Gasteiger partial charge on any atom is -0.393 e. The van der Waals surface area contributed by atoms with Crippen molar-refractivity contribution >= 4 is 10.2 Å². The summed E-state index contributed by atoms with van der Waals surface area (Å²) >= 11 is 0. The lowest BCUT2D eigenvalue weighted by molar-refractivity contribution is 0.148. The van der Waals surface area contributed by atoms with Crippen molar-refractivity contribution in [3.05, 3.63) is 0 Å². The molecule has 1 heterocycles. The van der Waals surface area contributed by atoms with Gasteiger partial charge in [-0.1, -0.05) is 6.04 Å². The fourth-order valence-electron chi connectivity index (χ4n) is 0.959. The van der Waals surface area contributed by atoms with Crippen molar-refractivity contribution in [2.45, 2.75) is 31.1 Å². The molecule has 1 aliphatic heterocycles. The van der Waals surface area contributed by atoms with Crippen LogP contribution in [0.15, 0.2) is 0 Å². The van der Waals surface area contributed by atoms with Crippen molar-refractivity contribution in [1.82, 2.24) is 0 Å². The Hall–Kier alpha value is 0.137. The van der Waals surface area contributed by atoms with Crippen LogP contribution in [0.2, 0.25) is 6.04 Å². The number of hydrogen-bond donors (Lipinski definition) is 1. The summed E-state index contributed by atoms with van der Waals surface area (Å²) < 4.78 is 4.98. The summed E-state index contributed by atoms with van der Waals surface area (Å²) in [5.41, 5.74) is 0. The van der Waals surface area contributed by atoms with Crippen LogP contribution in [0.3, 0.4) is 0 Å². The molecule has 54 valence electrons. The smallest absolute Gasteiger partial charge is 0.0834 e. The minimum absolute atomic E-state index is 0.0880. The second-order valence-corrected chi connectivity index (χ2v) is 3.63. The first-order valence-electron chi connectivity index (χ1n) is 3.62. The summed E-state index contributed by atoms with van der Waals surface area (Å²) in [6.45, 7) is 0.873. The topological polar surface area (TPSA) is 32.8 Å². The Morgan fingerprint density at radius 2 is 2.44 bits per heavy atom. The summed E-state index contributed by atoms with van der Waals surface area (Å²) in [6, 6.07) is 1.20. The highest BCUT2D eigenvalue weighted by Crippen LogP contribution is 2.17. The van der Waals surface area contributed by atoms with Gasteiger partial charge in [-0.25, -0.2) is 0 Å². The van der Waals surface area contributed by atoms with Crippen molar-refractivity contribution in [2.75, 3.05) is 6.61 Å². The van der Waals surface area contributed by atoms with E-state index in [9.17, 15) is 5.11 Å². The van der Waals surface area contributed by atoms with Crippen LogP contribution in [0.25, 0.3) is 0 Å². The Morgan fingerprint density at radius 1 is 1.78 bits per heavy atom. The number of aliphatic hydroxyl groups excluding tert-OH is 1. The molecule has 1 N–H and O–H groups in total. The SMILES string of the molecule is OC(CC[SiH3])CC1CO1. The first-order valence-corrected chi connectivity index (χ1v) is 5.04. The average Bonchev–Trinajstić information content (AvgIpc) is 2.50. The average molecular weight is 146 g/mol. The van der Waals surface area contributed by atoms with Gasteiger partial charge in [-0.2, -0.15) is 0 Å². The first kappa shape index (κ1) is 7.25. The van der Waals surface area contributed by atoms with E-state index in [1.807, 2.05) is 0 Å². The van der Waals surface area contributed by atoms with Crippen molar-refractivity contribution in [3.8, 4) is 0 Å². The molecule has 3 heteroatoms. The molecular formula is C6H14O2Si. The monoisotopic (exact) mass is 146 g/mol.